The fourth-order valence-electron chi connectivity index (χ4n) is 3.58. The summed E-state index contributed by atoms with van der Waals surface area (Å²) in [5.74, 6) is 4.30. The average Bonchev–Trinajstić information content (AvgIpc) is 3.06. The maximum atomic E-state index is 5.87. The van der Waals surface area contributed by atoms with E-state index >= 15 is 0 Å². The highest BCUT2D eigenvalue weighted by molar-refractivity contribution is 6.51. The van der Waals surface area contributed by atoms with Crippen molar-refractivity contribution in [2.75, 3.05) is 52.9 Å². The van der Waals surface area contributed by atoms with Crippen LogP contribution in [0.1, 0.15) is 66.2 Å². The molecule has 0 aromatic heterocycles. The lowest BCUT2D eigenvalue weighted by atomic mass is 9.90. The third-order valence-corrected chi connectivity index (χ3v) is 6.30. The molecule has 0 aromatic carbocycles. The van der Waals surface area contributed by atoms with Crippen molar-refractivity contribution in [1.29, 1.82) is 0 Å². The van der Waals surface area contributed by atoms with Gasteiger partial charge < -0.3 is 37.7 Å². The first kappa shape index (κ1) is 30.3. The largest absolute Gasteiger partial charge is 0.486 e. The third-order valence-electron chi connectivity index (χ3n) is 6.30. The predicted octanol–water partition coefficient (Wildman–Crippen LogP) is 3.91. The van der Waals surface area contributed by atoms with E-state index in [2.05, 4.69) is 5.92 Å². The van der Waals surface area contributed by atoms with E-state index in [0.717, 1.165) is 38.9 Å². The van der Waals surface area contributed by atoms with Gasteiger partial charge in [-0.05, 0) is 66.2 Å². The minimum atomic E-state index is -0.305. The molecule has 0 spiro atoms. The molecule has 3 rings (SSSR count). The van der Waals surface area contributed by atoms with Gasteiger partial charge in [0.1, 0.15) is 6.61 Å². The standard InChI is InChI=1S/C16H29BO5.C10H16O3/c1-15(2)16(3,4)22-17(21-15)9-7-10-18-12-13-20-14-8-5-6-11-19-14;1-2-6-11-8-9-13-10-5-3-4-7-12-10/h7,9,14H,5-6,8,10-13H2,1-4H3;1,10H,3-9H2/b9-7+;. The number of terminal acetylenes is 1. The molecule has 3 aliphatic rings. The van der Waals surface area contributed by atoms with Crippen molar-refractivity contribution in [1.82, 2.24) is 0 Å². The first-order valence-electron chi connectivity index (χ1n) is 12.9. The van der Waals surface area contributed by atoms with Gasteiger partial charge in [-0.25, -0.2) is 0 Å². The van der Waals surface area contributed by atoms with Crippen LogP contribution >= 0.6 is 0 Å². The van der Waals surface area contributed by atoms with Crippen LogP contribution in [-0.4, -0.2) is 83.8 Å². The van der Waals surface area contributed by atoms with Crippen molar-refractivity contribution in [2.24, 2.45) is 0 Å². The Morgan fingerprint density at radius 1 is 0.829 bits per heavy atom. The van der Waals surface area contributed by atoms with E-state index in [0.29, 0.717) is 39.6 Å². The second-order valence-corrected chi connectivity index (χ2v) is 9.72. The van der Waals surface area contributed by atoms with Crippen LogP contribution in [0.4, 0.5) is 0 Å². The van der Waals surface area contributed by atoms with Crippen LogP contribution in [0.25, 0.3) is 0 Å². The zero-order valence-electron chi connectivity index (χ0n) is 22.1. The van der Waals surface area contributed by atoms with Crippen LogP contribution in [0.2, 0.25) is 0 Å². The second-order valence-electron chi connectivity index (χ2n) is 9.72. The molecule has 0 aromatic rings. The molecule has 0 radical (unpaired) electrons. The van der Waals surface area contributed by atoms with Crippen LogP contribution in [0.15, 0.2) is 12.1 Å². The van der Waals surface area contributed by atoms with Crippen molar-refractivity contribution in [3.05, 3.63) is 12.1 Å². The van der Waals surface area contributed by atoms with Gasteiger partial charge in [0, 0.05) is 13.2 Å². The van der Waals surface area contributed by atoms with Crippen molar-refractivity contribution in [2.45, 2.75) is 90.0 Å². The number of hydrogen-bond acceptors (Lipinski definition) is 8. The highest BCUT2D eigenvalue weighted by Crippen LogP contribution is 2.36. The third kappa shape index (κ3) is 12.2. The fourth-order valence-corrected chi connectivity index (χ4v) is 3.58. The minimum Gasteiger partial charge on any atom is -0.400 e. The molecule has 8 nitrogen and oxygen atoms in total. The van der Waals surface area contributed by atoms with E-state index in [4.69, 9.17) is 44.2 Å². The average molecular weight is 496 g/mol. The summed E-state index contributed by atoms with van der Waals surface area (Å²) in [5.41, 5.74) is -0.590. The van der Waals surface area contributed by atoms with Crippen molar-refractivity contribution in [3.63, 3.8) is 0 Å². The number of hydrogen-bond donors (Lipinski definition) is 0. The maximum absolute atomic E-state index is 5.87. The summed E-state index contributed by atoms with van der Waals surface area (Å²) in [5, 5.41) is 0. The normalized spacial score (nSPS) is 25.7. The highest BCUT2D eigenvalue weighted by Gasteiger charge is 2.49. The Morgan fingerprint density at radius 2 is 1.37 bits per heavy atom. The summed E-state index contributed by atoms with van der Waals surface area (Å²) >= 11 is 0. The van der Waals surface area contributed by atoms with E-state index in [1.807, 2.05) is 39.7 Å². The first-order chi connectivity index (χ1) is 16.8. The molecular formula is C26H45BO8. The molecule has 0 aliphatic carbocycles. The van der Waals surface area contributed by atoms with Crippen LogP contribution < -0.4 is 0 Å². The minimum absolute atomic E-state index is 0.0248. The summed E-state index contributed by atoms with van der Waals surface area (Å²) in [6.45, 7) is 12.9. The molecule has 3 fully saturated rings. The molecule has 200 valence electrons. The molecule has 3 saturated heterocycles. The molecule has 0 bridgehead atoms. The van der Waals surface area contributed by atoms with Crippen LogP contribution in [0, 0.1) is 12.3 Å². The van der Waals surface area contributed by atoms with E-state index < -0.39 is 0 Å². The van der Waals surface area contributed by atoms with Crippen LogP contribution in [0.3, 0.4) is 0 Å². The molecule has 35 heavy (non-hydrogen) atoms. The molecule has 3 aliphatic heterocycles. The summed E-state index contributed by atoms with van der Waals surface area (Å²) in [4.78, 5) is 0. The monoisotopic (exact) mass is 496 g/mol. The fraction of sp³-hybridized carbons (Fsp3) is 0.846. The lowest BCUT2D eigenvalue weighted by Crippen LogP contribution is -2.41. The summed E-state index contributed by atoms with van der Waals surface area (Å²) < 4.78 is 44.2. The zero-order valence-corrected chi connectivity index (χ0v) is 22.1. The topological polar surface area (TPSA) is 73.8 Å². The van der Waals surface area contributed by atoms with Gasteiger partial charge in [0.2, 0.25) is 0 Å². The van der Waals surface area contributed by atoms with Crippen molar-refractivity contribution in [3.8, 4) is 12.3 Å². The van der Waals surface area contributed by atoms with E-state index in [-0.39, 0.29) is 30.9 Å². The van der Waals surface area contributed by atoms with E-state index in [9.17, 15) is 0 Å². The number of rotatable bonds is 12. The second kappa shape index (κ2) is 16.7. The van der Waals surface area contributed by atoms with Crippen LogP contribution in [0.5, 0.6) is 0 Å². The first-order valence-corrected chi connectivity index (χ1v) is 12.9. The Balaban J connectivity index is 0.000000283. The summed E-state index contributed by atoms with van der Waals surface area (Å²) in [6, 6.07) is 0. The lowest BCUT2D eigenvalue weighted by molar-refractivity contribution is -0.168. The molecule has 0 amide bonds. The summed E-state index contributed by atoms with van der Waals surface area (Å²) in [6.07, 6.45) is 13.5. The van der Waals surface area contributed by atoms with E-state index in [1.54, 1.807) is 0 Å². The molecule has 0 N–H and O–H groups in total. The van der Waals surface area contributed by atoms with Crippen molar-refractivity contribution < 1.29 is 37.7 Å². The van der Waals surface area contributed by atoms with Gasteiger partial charge in [0.05, 0.1) is 44.2 Å². The smallest absolute Gasteiger partial charge is 0.400 e. The molecule has 9 heteroatoms. The quantitative estimate of drug-likeness (QED) is 0.229. The van der Waals surface area contributed by atoms with Crippen LogP contribution in [-0.2, 0) is 37.7 Å². The van der Waals surface area contributed by atoms with Gasteiger partial charge in [-0.2, -0.15) is 0 Å². The Hall–Kier alpha value is -0.955. The Labute approximate surface area is 212 Å². The summed E-state index contributed by atoms with van der Waals surface area (Å²) in [7, 11) is -0.305. The van der Waals surface area contributed by atoms with Gasteiger partial charge in [-0.1, -0.05) is 18.0 Å². The Bertz CT molecular complexity index is 605. The molecule has 2 unspecified atom stereocenters. The maximum Gasteiger partial charge on any atom is 0.486 e. The molecule has 2 atom stereocenters. The Kier molecular flexibility index (Phi) is 14.5. The van der Waals surface area contributed by atoms with Gasteiger partial charge in [0.15, 0.2) is 12.6 Å². The lowest BCUT2D eigenvalue weighted by Gasteiger charge is -2.32. The predicted molar refractivity (Wildman–Crippen MR) is 135 cm³/mol. The van der Waals surface area contributed by atoms with Crippen molar-refractivity contribution >= 4 is 7.12 Å². The van der Waals surface area contributed by atoms with Gasteiger partial charge in [-0.3, -0.25) is 0 Å². The molecule has 0 saturated carbocycles. The van der Waals surface area contributed by atoms with E-state index in [1.165, 1.54) is 12.8 Å². The Morgan fingerprint density at radius 3 is 1.86 bits per heavy atom. The SMILES string of the molecule is C#CCOCCOC1CCCCO1.CC1(C)OB(/C=C/COCCOC2CCCCO2)OC1(C)C. The van der Waals surface area contributed by atoms with Gasteiger partial charge in [0.25, 0.3) is 0 Å². The van der Waals surface area contributed by atoms with Gasteiger partial charge >= 0.3 is 7.12 Å². The highest BCUT2D eigenvalue weighted by atomic mass is 16.7. The number of ether oxygens (including phenoxy) is 6. The zero-order chi connectivity index (χ0) is 25.4. The molecule has 3 heterocycles. The molecular weight excluding hydrogens is 451 g/mol. The van der Waals surface area contributed by atoms with Gasteiger partial charge in [-0.15, -0.1) is 6.42 Å².